The molecule has 4 nitrogen and oxygen atoms in total. The van der Waals surface area contributed by atoms with Crippen LogP contribution >= 0.6 is 0 Å². The van der Waals surface area contributed by atoms with Gasteiger partial charge in [0.25, 0.3) is 5.91 Å². The molecule has 4 heteroatoms. The van der Waals surface area contributed by atoms with Gasteiger partial charge in [-0.15, -0.1) is 0 Å². The maximum absolute atomic E-state index is 12.1. The number of amides is 1. The quantitative estimate of drug-likeness (QED) is 0.799. The van der Waals surface area contributed by atoms with Crippen molar-refractivity contribution in [2.45, 2.75) is 19.3 Å². The van der Waals surface area contributed by atoms with Crippen LogP contribution in [0.4, 0.5) is 0 Å². The summed E-state index contributed by atoms with van der Waals surface area (Å²) in [4.78, 5) is 15.3. The Morgan fingerprint density at radius 1 is 1.35 bits per heavy atom. The minimum Gasteiger partial charge on any atom is -0.351 e. The van der Waals surface area contributed by atoms with Crippen LogP contribution in [0.15, 0.2) is 30.3 Å². The molecule has 1 aliphatic rings. The van der Waals surface area contributed by atoms with Crippen LogP contribution in [0.3, 0.4) is 0 Å². The summed E-state index contributed by atoms with van der Waals surface area (Å²) >= 11 is 0. The Balaban J connectivity index is 1.53. The average Bonchev–Trinajstić information content (AvgIpc) is 2.92. The van der Waals surface area contributed by atoms with Gasteiger partial charge >= 0.3 is 0 Å². The maximum atomic E-state index is 12.1. The van der Waals surface area contributed by atoms with Gasteiger partial charge in [0.1, 0.15) is 5.69 Å². The molecule has 2 heterocycles. The zero-order valence-corrected chi connectivity index (χ0v) is 11.6. The molecule has 0 spiro atoms. The summed E-state index contributed by atoms with van der Waals surface area (Å²) in [7, 11) is 0. The Labute approximate surface area is 118 Å². The molecule has 3 rings (SSSR count). The predicted octanol–water partition coefficient (Wildman–Crippen LogP) is 2.29. The number of para-hydroxylation sites is 1. The molecule has 0 radical (unpaired) electrons. The summed E-state index contributed by atoms with van der Waals surface area (Å²) in [5, 5.41) is 7.49. The lowest BCUT2D eigenvalue weighted by Crippen LogP contribution is -2.33. The number of carbonyl (C=O) groups excluding carboxylic acids is 1. The van der Waals surface area contributed by atoms with Gasteiger partial charge in [0.15, 0.2) is 0 Å². The smallest absolute Gasteiger partial charge is 0.267 e. The SMILES string of the molecule is O=C(NCCC1CCCNC1)c1cc2ccccc2[nH]1. The number of rotatable bonds is 4. The van der Waals surface area contributed by atoms with Gasteiger partial charge in [0, 0.05) is 17.4 Å². The Hall–Kier alpha value is -1.81. The van der Waals surface area contributed by atoms with Crippen molar-refractivity contribution < 1.29 is 4.79 Å². The molecule has 20 heavy (non-hydrogen) atoms. The number of carbonyl (C=O) groups is 1. The average molecular weight is 271 g/mol. The van der Waals surface area contributed by atoms with Crippen molar-refractivity contribution in [1.82, 2.24) is 15.6 Å². The van der Waals surface area contributed by atoms with E-state index >= 15 is 0 Å². The second-order valence-corrected chi connectivity index (χ2v) is 5.53. The third-order valence-corrected chi connectivity index (χ3v) is 4.01. The molecule has 1 aromatic carbocycles. The van der Waals surface area contributed by atoms with E-state index in [0.29, 0.717) is 11.6 Å². The first-order valence-corrected chi connectivity index (χ1v) is 7.39. The number of benzene rings is 1. The van der Waals surface area contributed by atoms with Crippen LogP contribution in [-0.2, 0) is 0 Å². The number of aromatic amines is 1. The number of hydrogen-bond donors (Lipinski definition) is 3. The first kappa shape index (κ1) is 13.2. The Morgan fingerprint density at radius 3 is 3.05 bits per heavy atom. The molecule has 106 valence electrons. The first-order chi connectivity index (χ1) is 9.83. The topological polar surface area (TPSA) is 56.9 Å². The van der Waals surface area contributed by atoms with Crippen molar-refractivity contribution in [2.24, 2.45) is 5.92 Å². The van der Waals surface area contributed by atoms with E-state index < -0.39 is 0 Å². The van der Waals surface area contributed by atoms with Crippen LogP contribution < -0.4 is 10.6 Å². The summed E-state index contributed by atoms with van der Waals surface area (Å²) in [6.45, 7) is 2.97. The van der Waals surface area contributed by atoms with E-state index in [2.05, 4.69) is 15.6 Å². The highest BCUT2D eigenvalue weighted by Crippen LogP contribution is 2.15. The van der Waals surface area contributed by atoms with Gasteiger partial charge in [0.05, 0.1) is 0 Å². The second-order valence-electron chi connectivity index (χ2n) is 5.53. The van der Waals surface area contributed by atoms with Crippen LogP contribution in [0.2, 0.25) is 0 Å². The summed E-state index contributed by atoms with van der Waals surface area (Å²) in [6.07, 6.45) is 3.58. The normalized spacial score (nSPS) is 19.1. The number of fused-ring (bicyclic) bond motifs is 1. The van der Waals surface area contributed by atoms with Crippen molar-refractivity contribution in [1.29, 1.82) is 0 Å². The van der Waals surface area contributed by atoms with Gasteiger partial charge in [-0.25, -0.2) is 0 Å². The summed E-state index contributed by atoms with van der Waals surface area (Å²) in [6, 6.07) is 9.85. The first-order valence-electron chi connectivity index (χ1n) is 7.39. The minimum absolute atomic E-state index is 0.00929. The molecule has 1 saturated heterocycles. The Kier molecular flexibility index (Phi) is 4.02. The summed E-state index contributed by atoms with van der Waals surface area (Å²) in [5.41, 5.74) is 1.65. The monoisotopic (exact) mass is 271 g/mol. The van der Waals surface area contributed by atoms with Crippen molar-refractivity contribution >= 4 is 16.8 Å². The zero-order valence-electron chi connectivity index (χ0n) is 11.6. The molecule has 1 fully saturated rings. The Morgan fingerprint density at radius 2 is 2.25 bits per heavy atom. The predicted molar refractivity (Wildman–Crippen MR) is 80.8 cm³/mol. The fourth-order valence-corrected chi connectivity index (χ4v) is 2.85. The molecule has 1 aliphatic heterocycles. The Bertz CT molecular complexity index is 551. The van der Waals surface area contributed by atoms with E-state index in [9.17, 15) is 4.79 Å². The van der Waals surface area contributed by atoms with E-state index in [1.54, 1.807) is 0 Å². The molecular weight excluding hydrogens is 250 g/mol. The standard InChI is InChI=1S/C16H21N3O/c20-16(18-9-7-12-4-3-8-17-11-12)15-10-13-5-1-2-6-14(13)19-15/h1-2,5-6,10,12,17,19H,3-4,7-9,11H2,(H,18,20). The highest BCUT2D eigenvalue weighted by molar-refractivity contribution is 5.97. The van der Waals surface area contributed by atoms with Crippen LogP contribution in [0, 0.1) is 5.92 Å². The molecule has 1 aromatic heterocycles. The van der Waals surface area contributed by atoms with E-state index in [1.807, 2.05) is 30.3 Å². The largest absolute Gasteiger partial charge is 0.351 e. The highest BCUT2D eigenvalue weighted by atomic mass is 16.1. The van der Waals surface area contributed by atoms with E-state index in [-0.39, 0.29) is 5.91 Å². The van der Waals surface area contributed by atoms with E-state index in [1.165, 1.54) is 12.8 Å². The molecule has 0 saturated carbocycles. The van der Waals surface area contributed by atoms with Gasteiger partial charge in [0.2, 0.25) is 0 Å². The molecule has 0 bridgehead atoms. The molecule has 2 aromatic rings. The molecule has 1 unspecified atom stereocenters. The fourth-order valence-electron chi connectivity index (χ4n) is 2.85. The van der Waals surface area contributed by atoms with Gasteiger partial charge in [-0.3, -0.25) is 4.79 Å². The van der Waals surface area contributed by atoms with Gasteiger partial charge in [-0.2, -0.15) is 0 Å². The molecule has 0 aliphatic carbocycles. The van der Waals surface area contributed by atoms with Crippen molar-refractivity contribution in [3.8, 4) is 0 Å². The van der Waals surface area contributed by atoms with Crippen molar-refractivity contribution in [3.63, 3.8) is 0 Å². The van der Waals surface area contributed by atoms with Gasteiger partial charge in [-0.05, 0) is 50.4 Å². The molecule has 3 N–H and O–H groups in total. The zero-order chi connectivity index (χ0) is 13.8. The molecule has 1 amide bonds. The third-order valence-electron chi connectivity index (χ3n) is 4.01. The second kappa shape index (κ2) is 6.09. The number of aromatic nitrogens is 1. The van der Waals surface area contributed by atoms with Crippen LogP contribution in [0.5, 0.6) is 0 Å². The van der Waals surface area contributed by atoms with Gasteiger partial charge in [-0.1, -0.05) is 18.2 Å². The number of H-pyrrole nitrogens is 1. The van der Waals surface area contributed by atoms with Gasteiger partial charge < -0.3 is 15.6 Å². The van der Waals surface area contributed by atoms with Crippen LogP contribution in [0.25, 0.3) is 10.9 Å². The highest BCUT2D eigenvalue weighted by Gasteiger charge is 2.14. The number of hydrogen-bond acceptors (Lipinski definition) is 2. The molecule has 1 atom stereocenters. The summed E-state index contributed by atoms with van der Waals surface area (Å²) in [5.74, 6) is 0.691. The minimum atomic E-state index is -0.00929. The number of piperidine rings is 1. The van der Waals surface area contributed by atoms with E-state index in [4.69, 9.17) is 0 Å². The third kappa shape index (κ3) is 3.02. The van der Waals surface area contributed by atoms with E-state index in [0.717, 1.165) is 37.0 Å². The summed E-state index contributed by atoms with van der Waals surface area (Å²) < 4.78 is 0. The van der Waals surface area contributed by atoms with Crippen molar-refractivity contribution in [2.75, 3.05) is 19.6 Å². The lowest BCUT2D eigenvalue weighted by atomic mass is 9.96. The lowest BCUT2D eigenvalue weighted by molar-refractivity contribution is 0.0946. The fraction of sp³-hybridized carbons (Fsp3) is 0.438. The van der Waals surface area contributed by atoms with Crippen LogP contribution in [-0.4, -0.2) is 30.5 Å². The lowest BCUT2D eigenvalue weighted by Gasteiger charge is -2.22. The maximum Gasteiger partial charge on any atom is 0.267 e. The molecular formula is C16H21N3O. The van der Waals surface area contributed by atoms with Crippen LogP contribution in [0.1, 0.15) is 29.8 Å². The number of nitrogens with one attached hydrogen (secondary N) is 3. The van der Waals surface area contributed by atoms with Crippen molar-refractivity contribution in [3.05, 3.63) is 36.0 Å².